The van der Waals surface area contributed by atoms with Crippen LogP contribution in [0.4, 0.5) is 0 Å². The molecular weight excluding hydrogens is 422 g/mol. The highest BCUT2D eigenvalue weighted by atomic mass is 16.5. The number of benzene rings is 4. The van der Waals surface area contributed by atoms with E-state index in [0.29, 0.717) is 5.70 Å². The number of nitrogens with one attached hydrogen (secondary N) is 1. The van der Waals surface area contributed by atoms with Crippen molar-refractivity contribution < 1.29 is 14.3 Å². The Hall–Kier alpha value is -4.44. The summed E-state index contributed by atoms with van der Waals surface area (Å²) in [5.41, 5.74) is 5.62. The number of carbonyl (C=O) groups excluding carboxylic acids is 2. The molecule has 0 fully saturated rings. The molecule has 4 heteroatoms. The number of allylic oxidation sites excluding steroid dienone is 1. The van der Waals surface area contributed by atoms with Crippen molar-refractivity contribution >= 4 is 17.4 Å². The largest absolute Gasteiger partial charge is 0.462 e. The molecule has 0 atom stereocenters. The third kappa shape index (κ3) is 3.32. The quantitative estimate of drug-likeness (QED) is 0.352. The van der Waals surface area contributed by atoms with Crippen molar-refractivity contribution in [3.63, 3.8) is 0 Å². The van der Waals surface area contributed by atoms with Crippen LogP contribution in [0, 0.1) is 0 Å². The first-order valence-corrected chi connectivity index (χ1v) is 11.1. The fourth-order valence-electron chi connectivity index (χ4n) is 4.95. The van der Waals surface area contributed by atoms with Gasteiger partial charge in [0.25, 0.3) is 0 Å². The lowest BCUT2D eigenvalue weighted by molar-refractivity contribution is -0.152. The van der Waals surface area contributed by atoms with Gasteiger partial charge in [-0.25, -0.2) is 4.79 Å². The van der Waals surface area contributed by atoms with E-state index in [4.69, 9.17) is 4.74 Å². The number of methoxy groups -OCH3 is 1. The van der Waals surface area contributed by atoms with Gasteiger partial charge in [-0.15, -0.1) is 0 Å². The molecule has 4 nitrogen and oxygen atoms in total. The Morgan fingerprint density at radius 2 is 1.18 bits per heavy atom. The lowest BCUT2D eigenvalue weighted by Crippen LogP contribution is -2.41. The minimum Gasteiger partial charge on any atom is -0.462 e. The molecule has 0 saturated heterocycles. The molecular formula is C30H23NO3. The van der Waals surface area contributed by atoms with Crippen molar-refractivity contribution in [3.05, 3.63) is 149 Å². The summed E-state index contributed by atoms with van der Waals surface area (Å²) in [5.74, 6) is -1.75. The molecule has 4 aromatic rings. The number of esters is 1. The fraction of sp³-hybridized carbons (Fsp3) is 0.0667. The summed E-state index contributed by atoms with van der Waals surface area (Å²) >= 11 is 0. The number of carbonyl (C=O) groups is 2. The molecule has 0 aliphatic heterocycles. The van der Waals surface area contributed by atoms with Crippen LogP contribution >= 0.6 is 0 Å². The van der Waals surface area contributed by atoms with Crippen LogP contribution < -0.4 is 5.32 Å². The number of fused-ring (bicyclic) bond motifs is 1. The molecule has 0 bridgehead atoms. The van der Waals surface area contributed by atoms with Crippen molar-refractivity contribution in [2.24, 2.45) is 0 Å². The first kappa shape index (κ1) is 21.4. The van der Waals surface area contributed by atoms with Gasteiger partial charge in [0, 0.05) is 11.3 Å². The Labute approximate surface area is 198 Å². The van der Waals surface area contributed by atoms with Crippen LogP contribution in [0.3, 0.4) is 0 Å². The van der Waals surface area contributed by atoms with Crippen molar-refractivity contribution in [1.29, 1.82) is 0 Å². The smallest absolute Gasteiger partial charge is 0.396 e. The zero-order chi connectivity index (χ0) is 23.5. The maximum Gasteiger partial charge on any atom is 0.396 e. The molecule has 34 heavy (non-hydrogen) atoms. The predicted molar refractivity (Wildman–Crippen MR) is 132 cm³/mol. The van der Waals surface area contributed by atoms with Crippen LogP contribution in [0.15, 0.2) is 121 Å². The summed E-state index contributed by atoms with van der Waals surface area (Å²) in [5, 5.41) is 2.98. The molecule has 166 valence electrons. The van der Waals surface area contributed by atoms with Crippen molar-refractivity contribution in [1.82, 2.24) is 5.32 Å². The van der Waals surface area contributed by atoms with Crippen LogP contribution in [0.5, 0.6) is 0 Å². The van der Waals surface area contributed by atoms with Crippen LogP contribution in [0.25, 0.3) is 5.57 Å². The molecule has 0 saturated carbocycles. The Balaban J connectivity index is 1.93. The normalized spacial score (nSPS) is 13.8. The first-order chi connectivity index (χ1) is 16.7. The maximum absolute atomic E-state index is 13.0. The second-order valence-electron chi connectivity index (χ2n) is 8.09. The zero-order valence-corrected chi connectivity index (χ0v) is 18.7. The van der Waals surface area contributed by atoms with Crippen molar-refractivity contribution in [2.75, 3.05) is 7.11 Å². The van der Waals surface area contributed by atoms with E-state index in [9.17, 15) is 9.59 Å². The fourth-order valence-corrected chi connectivity index (χ4v) is 4.95. The molecule has 4 aromatic carbocycles. The third-order valence-electron chi connectivity index (χ3n) is 6.31. The maximum atomic E-state index is 13.0. The number of hydrogen-bond donors (Lipinski definition) is 1. The zero-order valence-electron chi connectivity index (χ0n) is 18.7. The van der Waals surface area contributed by atoms with E-state index < -0.39 is 17.3 Å². The third-order valence-corrected chi connectivity index (χ3v) is 6.31. The van der Waals surface area contributed by atoms with Crippen LogP contribution in [-0.2, 0) is 19.7 Å². The van der Waals surface area contributed by atoms with E-state index in [1.54, 1.807) is 0 Å². The van der Waals surface area contributed by atoms with Gasteiger partial charge in [-0.2, -0.15) is 0 Å². The average molecular weight is 446 g/mol. The Morgan fingerprint density at radius 3 is 1.74 bits per heavy atom. The van der Waals surface area contributed by atoms with Crippen LogP contribution in [0.1, 0.15) is 27.8 Å². The Morgan fingerprint density at radius 1 is 0.676 bits per heavy atom. The summed E-state index contributed by atoms with van der Waals surface area (Å²) in [6, 6.07) is 38.2. The topological polar surface area (TPSA) is 55.4 Å². The van der Waals surface area contributed by atoms with Gasteiger partial charge in [-0.1, -0.05) is 115 Å². The van der Waals surface area contributed by atoms with Gasteiger partial charge in [0.15, 0.2) is 0 Å². The average Bonchev–Trinajstić information content (AvgIpc) is 3.20. The van der Waals surface area contributed by atoms with Crippen LogP contribution in [0.2, 0.25) is 0 Å². The highest BCUT2D eigenvalue weighted by Crippen LogP contribution is 2.54. The summed E-state index contributed by atoms with van der Waals surface area (Å²) in [6.07, 6.45) is 0. The second kappa shape index (κ2) is 8.83. The molecule has 1 N–H and O–H groups in total. The Kier molecular flexibility index (Phi) is 5.56. The summed E-state index contributed by atoms with van der Waals surface area (Å²) in [4.78, 5) is 25.2. The van der Waals surface area contributed by atoms with E-state index in [1.165, 1.54) is 7.11 Å². The lowest BCUT2D eigenvalue weighted by atomic mass is 9.69. The summed E-state index contributed by atoms with van der Waals surface area (Å²) in [7, 11) is 1.21. The lowest BCUT2D eigenvalue weighted by Gasteiger charge is -2.35. The van der Waals surface area contributed by atoms with Gasteiger partial charge in [0.2, 0.25) is 0 Å². The van der Waals surface area contributed by atoms with Gasteiger partial charge in [-0.3, -0.25) is 4.79 Å². The summed E-state index contributed by atoms with van der Waals surface area (Å²) < 4.78 is 4.75. The minimum atomic E-state index is -0.939. The number of ether oxygens (including phenoxy) is 1. The van der Waals surface area contributed by atoms with Crippen molar-refractivity contribution in [3.8, 4) is 0 Å². The van der Waals surface area contributed by atoms with Crippen LogP contribution in [-0.4, -0.2) is 19.0 Å². The summed E-state index contributed by atoms with van der Waals surface area (Å²) in [6.45, 7) is 0. The predicted octanol–water partition coefficient (Wildman–Crippen LogP) is 5.08. The Bertz CT molecular complexity index is 1340. The standard InChI is InChI=1S/C30H23NO3/c1-34-29(33)28(32)31-27-26(21-13-5-2-6-14-21)24-19-11-12-20-25(24)30(27,22-15-7-3-8-16-22)23-17-9-4-10-18-23/h2-20H,1H3,(H,31,32). The van der Waals surface area contributed by atoms with Gasteiger partial charge >= 0.3 is 11.9 Å². The van der Waals surface area contributed by atoms with Gasteiger partial charge in [-0.05, 0) is 27.8 Å². The SMILES string of the molecule is COC(=O)C(=O)NC1=C(c2ccccc2)c2ccccc2C1(c1ccccc1)c1ccccc1. The van der Waals surface area contributed by atoms with E-state index >= 15 is 0 Å². The van der Waals surface area contributed by atoms with Gasteiger partial charge < -0.3 is 10.1 Å². The number of rotatable bonds is 4. The molecule has 0 heterocycles. The molecule has 0 aromatic heterocycles. The minimum absolute atomic E-state index is 0.632. The molecule has 5 rings (SSSR count). The molecule has 0 unspecified atom stereocenters. The van der Waals surface area contributed by atoms with Gasteiger partial charge in [0.05, 0.1) is 12.5 Å². The second-order valence-corrected chi connectivity index (χ2v) is 8.09. The highest BCUT2D eigenvalue weighted by Gasteiger charge is 2.49. The van der Waals surface area contributed by atoms with E-state index in [-0.39, 0.29) is 0 Å². The molecule has 1 aliphatic carbocycles. The van der Waals surface area contributed by atoms with Gasteiger partial charge in [0.1, 0.15) is 0 Å². The first-order valence-electron chi connectivity index (χ1n) is 11.1. The molecule has 1 amide bonds. The van der Waals surface area contributed by atoms with Crippen molar-refractivity contribution in [2.45, 2.75) is 5.41 Å². The molecule has 0 spiro atoms. The molecule has 0 radical (unpaired) electrons. The molecule has 1 aliphatic rings. The monoisotopic (exact) mass is 445 g/mol. The number of hydrogen-bond acceptors (Lipinski definition) is 3. The highest BCUT2D eigenvalue weighted by molar-refractivity contribution is 6.33. The van der Waals surface area contributed by atoms with E-state index in [2.05, 4.69) is 41.7 Å². The van der Waals surface area contributed by atoms with E-state index in [0.717, 1.165) is 33.4 Å². The number of amides is 1. The van der Waals surface area contributed by atoms with E-state index in [1.807, 2.05) is 78.9 Å².